The lowest BCUT2D eigenvalue weighted by Gasteiger charge is -2.35. The van der Waals surface area contributed by atoms with Gasteiger partial charge in [-0.15, -0.1) is 0 Å². The summed E-state index contributed by atoms with van der Waals surface area (Å²) in [5.74, 6) is -0.387. The quantitative estimate of drug-likeness (QED) is 0.542. The van der Waals surface area contributed by atoms with E-state index in [1.54, 1.807) is 7.05 Å². The van der Waals surface area contributed by atoms with E-state index >= 15 is 0 Å². The van der Waals surface area contributed by atoms with Gasteiger partial charge < -0.3 is 15.5 Å². The van der Waals surface area contributed by atoms with E-state index in [9.17, 15) is 12.8 Å². The van der Waals surface area contributed by atoms with Crippen LogP contribution in [0.5, 0.6) is 0 Å². The average molecular weight is 433 g/mol. The number of sulfone groups is 1. The average Bonchev–Trinajstić information content (AvgIpc) is 2.74. The Bertz CT molecular complexity index is 977. The molecule has 3 rings (SSSR count). The van der Waals surface area contributed by atoms with Crippen LogP contribution in [-0.2, 0) is 9.84 Å². The first-order chi connectivity index (χ1) is 14.4. The van der Waals surface area contributed by atoms with Crippen molar-refractivity contribution in [2.75, 3.05) is 37.3 Å². The van der Waals surface area contributed by atoms with E-state index < -0.39 is 15.7 Å². The SMILES string of the molecule is CN=C(NCCS(=O)(=O)c1ccccc1F)NC1CCCN(c2ccc(C)cc2)C1. The van der Waals surface area contributed by atoms with Crippen molar-refractivity contribution in [3.63, 3.8) is 0 Å². The number of piperidine rings is 1. The van der Waals surface area contributed by atoms with Crippen LogP contribution in [0.4, 0.5) is 10.1 Å². The van der Waals surface area contributed by atoms with E-state index in [1.807, 2.05) is 0 Å². The molecule has 1 aliphatic rings. The highest BCUT2D eigenvalue weighted by Gasteiger charge is 2.22. The molecular formula is C22H29FN4O2S. The fraction of sp³-hybridized carbons (Fsp3) is 0.409. The van der Waals surface area contributed by atoms with Crippen LogP contribution in [-0.4, -0.2) is 52.9 Å². The van der Waals surface area contributed by atoms with Crippen molar-refractivity contribution in [1.82, 2.24) is 10.6 Å². The van der Waals surface area contributed by atoms with Gasteiger partial charge in [0.05, 0.1) is 5.75 Å². The number of anilines is 1. The number of nitrogens with zero attached hydrogens (tertiary/aromatic N) is 2. The molecule has 0 spiro atoms. The number of aliphatic imine (C=N–C) groups is 1. The first-order valence-corrected chi connectivity index (χ1v) is 11.8. The molecule has 0 saturated carbocycles. The first-order valence-electron chi connectivity index (χ1n) is 10.1. The Kier molecular flexibility index (Phi) is 7.31. The lowest BCUT2D eigenvalue weighted by Crippen LogP contribution is -2.51. The van der Waals surface area contributed by atoms with Gasteiger partial charge in [-0.3, -0.25) is 4.99 Å². The van der Waals surface area contributed by atoms with Crippen LogP contribution in [0.3, 0.4) is 0 Å². The molecule has 0 aliphatic carbocycles. The van der Waals surface area contributed by atoms with Crippen LogP contribution < -0.4 is 15.5 Å². The zero-order chi connectivity index (χ0) is 21.6. The number of hydrogen-bond donors (Lipinski definition) is 2. The Hall–Kier alpha value is -2.61. The van der Waals surface area contributed by atoms with Crippen LogP contribution in [0, 0.1) is 12.7 Å². The van der Waals surface area contributed by atoms with Gasteiger partial charge in [0.25, 0.3) is 0 Å². The van der Waals surface area contributed by atoms with Gasteiger partial charge in [-0.1, -0.05) is 29.8 Å². The van der Waals surface area contributed by atoms with Gasteiger partial charge in [0.15, 0.2) is 15.8 Å². The molecule has 1 saturated heterocycles. The zero-order valence-corrected chi connectivity index (χ0v) is 18.3. The van der Waals surface area contributed by atoms with Crippen LogP contribution in [0.25, 0.3) is 0 Å². The summed E-state index contributed by atoms with van der Waals surface area (Å²) in [6.07, 6.45) is 2.07. The lowest BCUT2D eigenvalue weighted by atomic mass is 10.0. The van der Waals surface area contributed by atoms with Crippen LogP contribution in [0.2, 0.25) is 0 Å². The summed E-state index contributed by atoms with van der Waals surface area (Å²) in [4.78, 5) is 6.28. The molecule has 6 nitrogen and oxygen atoms in total. The van der Waals surface area contributed by atoms with Crippen molar-refractivity contribution in [3.8, 4) is 0 Å². The van der Waals surface area contributed by atoms with Crippen LogP contribution >= 0.6 is 0 Å². The number of guanidine groups is 1. The normalized spacial score (nSPS) is 17.6. The van der Waals surface area contributed by atoms with Crippen molar-refractivity contribution >= 4 is 21.5 Å². The predicted octanol–water partition coefficient (Wildman–Crippen LogP) is 2.74. The summed E-state index contributed by atoms with van der Waals surface area (Å²) in [5, 5.41) is 6.43. The molecular weight excluding hydrogens is 403 g/mol. The molecule has 0 amide bonds. The fourth-order valence-electron chi connectivity index (χ4n) is 3.58. The van der Waals surface area contributed by atoms with Gasteiger partial charge in [-0.2, -0.15) is 0 Å². The maximum Gasteiger partial charge on any atom is 0.191 e. The second-order valence-electron chi connectivity index (χ2n) is 7.51. The standard InChI is InChI=1S/C22H29FN4O2S/c1-17-9-11-19(12-10-17)27-14-5-6-18(16-27)26-22(24-2)25-13-15-30(28,29)21-8-4-3-7-20(21)23/h3-4,7-12,18H,5-6,13-16H2,1-2H3,(H2,24,25,26). The van der Waals surface area contributed by atoms with Crippen molar-refractivity contribution < 1.29 is 12.8 Å². The van der Waals surface area contributed by atoms with Gasteiger partial charge in [-0.25, -0.2) is 12.8 Å². The van der Waals surface area contributed by atoms with Crippen molar-refractivity contribution in [3.05, 3.63) is 59.9 Å². The summed E-state index contributed by atoms with van der Waals surface area (Å²) in [6, 6.07) is 14.1. The Balaban J connectivity index is 1.53. The van der Waals surface area contributed by atoms with E-state index in [0.29, 0.717) is 5.96 Å². The van der Waals surface area contributed by atoms with Crippen molar-refractivity contribution in [1.29, 1.82) is 0 Å². The largest absolute Gasteiger partial charge is 0.369 e. The molecule has 1 aliphatic heterocycles. The molecule has 2 N–H and O–H groups in total. The number of nitrogens with one attached hydrogen (secondary N) is 2. The molecule has 0 bridgehead atoms. The van der Waals surface area contributed by atoms with E-state index in [1.165, 1.54) is 29.4 Å². The molecule has 2 aromatic carbocycles. The van der Waals surface area contributed by atoms with Gasteiger partial charge in [0.1, 0.15) is 10.7 Å². The minimum atomic E-state index is -3.70. The number of aryl methyl sites for hydroxylation is 1. The van der Waals surface area contributed by atoms with Crippen molar-refractivity contribution in [2.24, 2.45) is 4.99 Å². The molecule has 1 atom stereocenters. The van der Waals surface area contributed by atoms with E-state index in [4.69, 9.17) is 0 Å². The third-order valence-corrected chi connectivity index (χ3v) is 6.96. The Morgan fingerprint density at radius 2 is 1.93 bits per heavy atom. The Labute approximate surface area is 178 Å². The second kappa shape index (κ2) is 9.93. The van der Waals surface area contributed by atoms with E-state index in [0.717, 1.165) is 32.0 Å². The molecule has 1 unspecified atom stereocenters. The third-order valence-electron chi connectivity index (χ3n) is 5.22. The number of benzene rings is 2. The predicted molar refractivity (Wildman–Crippen MR) is 119 cm³/mol. The highest BCUT2D eigenvalue weighted by atomic mass is 32.2. The molecule has 2 aromatic rings. The molecule has 1 fully saturated rings. The van der Waals surface area contributed by atoms with Gasteiger partial charge in [0, 0.05) is 38.4 Å². The number of hydrogen-bond acceptors (Lipinski definition) is 4. The summed E-state index contributed by atoms with van der Waals surface area (Å²) in [6.45, 7) is 4.07. The summed E-state index contributed by atoms with van der Waals surface area (Å²) in [7, 11) is -2.05. The summed E-state index contributed by atoms with van der Waals surface area (Å²) in [5.41, 5.74) is 2.44. The third kappa shape index (κ3) is 5.72. The maximum atomic E-state index is 13.8. The lowest BCUT2D eigenvalue weighted by molar-refractivity contribution is 0.468. The van der Waals surface area contributed by atoms with Gasteiger partial charge in [0.2, 0.25) is 0 Å². The fourth-order valence-corrected chi connectivity index (χ4v) is 4.83. The summed E-state index contributed by atoms with van der Waals surface area (Å²) < 4.78 is 38.6. The minimum Gasteiger partial charge on any atom is -0.369 e. The highest BCUT2D eigenvalue weighted by Crippen LogP contribution is 2.20. The van der Waals surface area contributed by atoms with E-state index in [-0.39, 0.29) is 23.2 Å². The number of halogens is 1. The molecule has 0 aromatic heterocycles. The van der Waals surface area contributed by atoms with Crippen molar-refractivity contribution in [2.45, 2.75) is 30.7 Å². The Morgan fingerprint density at radius 1 is 1.20 bits per heavy atom. The second-order valence-corrected chi connectivity index (χ2v) is 9.59. The molecule has 0 radical (unpaired) electrons. The van der Waals surface area contributed by atoms with Gasteiger partial charge >= 0.3 is 0 Å². The van der Waals surface area contributed by atoms with E-state index in [2.05, 4.69) is 51.7 Å². The topological polar surface area (TPSA) is 73.8 Å². The molecule has 30 heavy (non-hydrogen) atoms. The molecule has 8 heteroatoms. The molecule has 1 heterocycles. The van der Waals surface area contributed by atoms with Gasteiger partial charge in [-0.05, 0) is 44.0 Å². The smallest absolute Gasteiger partial charge is 0.191 e. The monoisotopic (exact) mass is 432 g/mol. The number of rotatable bonds is 6. The van der Waals surface area contributed by atoms with Crippen LogP contribution in [0.1, 0.15) is 18.4 Å². The Morgan fingerprint density at radius 3 is 2.63 bits per heavy atom. The van der Waals surface area contributed by atoms with Crippen LogP contribution in [0.15, 0.2) is 58.4 Å². The maximum absolute atomic E-state index is 13.8. The zero-order valence-electron chi connectivity index (χ0n) is 17.4. The first kappa shape index (κ1) is 22.1. The highest BCUT2D eigenvalue weighted by molar-refractivity contribution is 7.91. The minimum absolute atomic E-state index is 0.144. The summed E-state index contributed by atoms with van der Waals surface area (Å²) >= 11 is 0. The molecule has 162 valence electrons.